The molecule has 0 aliphatic rings. The first-order valence-electron chi connectivity index (χ1n) is 5.68. The van der Waals surface area contributed by atoms with E-state index in [1.807, 2.05) is 18.2 Å². The highest BCUT2D eigenvalue weighted by atomic mass is 16.3. The Morgan fingerprint density at radius 3 is 2.83 bits per heavy atom. The highest BCUT2D eigenvalue weighted by Gasteiger charge is 2.09. The Kier molecular flexibility index (Phi) is 3.57. The Morgan fingerprint density at radius 1 is 1.28 bits per heavy atom. The van der Waals surface area contributed by atoms with Gasteiger partial charge in [0.2, 0.25) is 0 Å². The first-order chi connectivity index (χ1) is 8.74. The summed E-state index contributed by atoms with van der Waals surface area (Å²) in [6.45, 7) is 7.95. The maximum Gasteiger partial charge on any atom is 0.125 e. The van der Waals surface area contributed by atoms with E-state index in [1.54, 1.807) is 23.0 Å². The lowest BCUT2D eigenvalue weighted by atomic mass is 10.1. The molecule has 0 amide bonds. The van der Waals surface area contributed by atoms with E-state index in [0.717, 1.165) is 12.0 Å². The number of benzene rings is 1. The Morgan fingerprint density at radius 2 is 2.11 bits per heavy atom. The Hall–Kier alpha value is -2.36. The number of allylic oxidation sites excluding steroid dienone is 2. The standard InChI is InChI=1S/C14H15N3O/c1-3-5-11-6-7-14(18)12(9-11)13-10-17(8-4-2)16-15-13/h3-4,6-7,9-10,18H,1-2,5,8H2. The molecule has 1 aromatic carbocycles. The molecule has 0 unspecified atom stereocenters. The summed E-state index contributed by atoms with van der Waals surface area (Å²) in [6, 6.07) is 5.44. The van der Waals surface area contributed by atoms with Crippen molar-refractivity contribution in [3.63, 3.8) is 0 Å². The number of phenols is 1. The summed E-state index contributed by atoms with van der Waals surface area (Å²) >= 11 is 0. The van der Waals surface area contributed by atoms with Crippen LogP contribution in [0.1, 0.15) is 5.56 Å². The summed E-state index contributed by atoms with van der Waals surface area (Å²) in [5, 5.41) is 17.9. The molecule has 92 valence electrons. The van der Waals surface area contributed by atoms with E-state index in [4.69, 9.17) is 0 Å². The molecule has 0 atom stereocenters. The second kappa shape index (κ2) is 5.31. The van der Waals surface area contributed by atoms with Crippen LogP contribution in [0.3, 0.4) is 0 Å². The van der Waals surface area contributed by atoms with Crippen LogP contribution in [0.15, 0.2) is 49.7 Å². The molecule has 2 aromatic rings. The average Bonchev–Trinajstić information content (AvgIpc) is 2.81. The molecule has 0 saturated heterocycles. The molecule has 1 aromatic heterocycles. The van der Waals surface area contributed by atoms with Crippen LogP contribution in [0.4, 0.5) is 0 Å². The molecule has 0 saturated carbocycles. The second-order valence-electron chi connectivity index (χ2n) is 3.96. The minimum absolute atomic E-state index is 0.202. The fourth-order valence-electron chi connectivity index (χ4n) is 1.73. The van der Waals surface area contributed by atoms with Gasteiger partial charge in [0, 0.05) is 5.56 Å². The van der Waals surface area contributed by atoms with Crippen molar-refractivity contribution in [1.82, 2.24) is 15.0 Å². The molecule has 0 radical (unpaired) electrons. The highest BCUT2D eigenvalue weighted by molar-refractivity contribution is 5.66. The lowest BCUT2D eigenvalue weighted by Crippen LogP contribution is -1.94. The van der Waals surface area contributed by atoms with Gasteiger partial charge in [-0.05, 0) is 24.1 Å². The predicted molar refractivity (Wildman–Crippen MR) is 71.2 cm³/mol. The summed E-state index contributed by atoms with van der Waals surface area (Å²) in [6.07, 6.45) is 6.11. The smallest absolute Gasteiger partial charge is 0.125 e. The van der Waals surface area contributed by atoms with E-state index >= 15 is 0 Å². The molecule has 4 heteroatoms. The minimum atomic E-state index is 0.202. The number of rotatable bonds is 5. The topological polar surface area (TPSA) is 50.9 Å². The zero-order chi connectivity index (χ0) is 13.0. The van der Waals surface area contributed by atoms with Gasteiger partial charge in [0.25, 0.3) is 0 Å². The molecule has 18 heavy (non-hydrogen) atoms. The van der Waals surface area contributed by atoms with E-state index in [1.165, 1.54) is 0 Å². The van der Waals surface area contributed by atoms with Gasteiger partial charge in [0.05, 0.1) is 12.7 Å². The number of phenolic OH excluding ortho intramolecular Hbond substituents is 1. The number of aromatic nitrogens is 3. The van der Waals surface area contributed by atoms with Crippen molar-refractivity contribution in [3.8, 4) is 17.0 Å². The van der Waals surface area contributed by atoms with Gasteiger partial charge in [-0.15, -0.1) is 18.3 Å². The fraction of sp³-hybridized carbons (Fsp3) is 0.143. The molecular formula is C14H15N3O. The zero-order valence-corrected chi connectivity index (χ0v) is 10.1. The number of aromatic hydroxyl groups is 1. The number of hydrogen-bond acceptors (Lipinski definition) is 3. The van der Waals surface area contributed by atoms with Crippen LogP contribution >= 0.6 is 0 Å². The maximum absolute atomic E-state index is 9.87. The first kappa shape index (κ1) is 12.1. The van der Waals surface area contributed by atoms with Crippen LogP contribution in [-0.4, -0.2) is 20.1 Å². The summed E-state index contributed by atoms with van der Waals surface area (Å²) < 4.78 is 1.67. The van der Waals surface area contributed by atoms with Crippen LogP contribution in [0.5, 0.6) is 5.75 Å². The second-order valence-corrected chi connectivity index (χ2v) is 3.96. The molecule has 2 rings (SSSR count). The van der Waals surface area contributed by atoms with Gasteiger partial charge in [-0.3, -0.25) is 0 Å². The lowest BCUT2D eigenvalue weighted by molar-refractivity contribution is 0.477. The maximum atomic E-state index is 9.87. The van der Waals surface area contributed by atoms with Gasteiger partial charge in [-0.2, -0.15) is 0 Å². The zero-order valence-electron chi connectivity index (χ0n) is 10.1. The third-order valence-electron chi connectivity index (χ3n) is 2.57. The fourth-order valence-corrected chi connectivity index (χ4v) is 1.73. The van der Waals surface area contributed by atoms with Crippen molar-refractivity contribution in [2.45, 2.75) is 13.0 Å². The SMILES string of the molecule is C=CCc1ccc(O)c(-c2cn(CC=C)nn2)c1. The van der Waals surface area contributed by atoms with Crippen LogP contribution in [0.2, 0.25) is 0 Å². The van der Waals surface area contributed by atoms with Crippen molar-refractivity contribution >= 4 is 0 Å². The molecule has 0 fully saturated rings. The molecule has 0 spiro atoms. The van der Waals surface area contributed by atoms with Gasteiger partial charge in [-0.25, -0.2) is 4.68 Å². The monoisotopic (exact) mass is 241 g/mol. The number of nitrogens with zero attached hydrogens (tertiary/aromatic N) is 3. The molecule has 0 bridgehead atoms. The van der Waals surface area contributed by atoms with Crippen molar-refractivity contribution < 1.29 is 5.11 Å². The van der Waals surface area contributed by atoms with Gasteiger partial charge in [0.15, 0.2) is 0 Å². The van der Waals surface area contributed by atoms with E-state index in [9.17, 15) is 5.11 Å². The molecular weight excluding hydrogens is 226 g/mol. The average molecular weight is 241 g/mol. The van der Waals surface area contributed by atoms with Crippen molar-refractivity contribution in [2.24, 2.45) is 0 Å². The Balaban J connectivity index is 2.38. The normalized spacial score (nSPS) is 10.2. The van der Waals surface area contributed by atoms with Crippen LogP contribution in [0.25, 0.3) is 11.3 Å². The quantitative estimate of drug-likeness (QED) is 0.818. The molecule has 4 nitrogen and oxygen atoms in total. The highest BCUT2D eigenvalue weighted by Crippen LogP contribution is 2.28. The number of hydrogen-bond donors (Lipinski definition) is 1. The van der Waals surface area contributed by atoms with Crippen LogP contribution < -0.4 is 0 Å². The summed E-state index contributed by atoms with van der Waals surface area (Å²) in [4.78, 5) is 0. The lowest BCUT2D eigenvalue weighted by Gasteiger charge is -2.03. The van der Waals surface area contributed by atoms with Crippen LogP contribution in [0, 0.1) is 0 Å². The van der Waals surface area contributed by atoms with Gasteiger partial charge < -0.3 is 5.11 Å². The summed E-state index contributed by atoms with van der Waals surface area (Å²) in [5.41, 5.74) is 2.42. The predicted octanol–water partition coefficient (Wildman–Crippen LogP) is 2.57. The first-order valence-corrected chi connectivity index (χ1v) is 5.68. The largest absolute Gasteiger partial charge is 0.507 e. The molecule has 0 aliphatic heterocycles. The Labute approximate surface area is 106 Å². The summed E-state index contributed by atoms with van der Waals surface area (Å²) in [5.74, 6) is 0.202. The minimum Gasteiger partial charge on any atom is -0.507 e. The van der Waals surface area contributed by atoms with Crippen molar-refractivity contribution in [3.05, 3.63) is 55.3 Å². The van der Waals surface area contributed by atoms with E-state index in [0.29, 0.717) is 17.8 Å². The van der Waals surface area contributed by atoms with E-state index < -0.39 is 0 Å². The van der Waals surface area contributed by atoms with Crippen LogP contribution in [-0.2, 0) is 13.0 Å². The van der Waals surface area contributed by atoms with Crippen molar-refractivity contribution in [1.29, 1.82) is 0 Å². The molecule has 0 aliphatic carbocycles. The third kappa shape index (κ3) is 2.48. The van der Waals surface area contributed by atoms with Crippen molar-refractivity contribution in [2.75, 3.05) is 0 Å². The van der Waals surface area contributed by atoms with Gasteiger partial charge >= 0.3 is 0 Å². The van der Waals surface area contributed by atoms with E-state index in [-0.39, 0.29) is 5.75 Å². The van der Waals surface area contributed by atoms with E-state index in [2.05, 4.69) is 23.5 Å². The Bertz CT molecular complexity index is 572. The summed E-state index contributed by atoms with van der Waals surface area (Å²) in [7, 11) is 0. The molecule has 1 heterocycles. The van der Waals surface area contributed by atoms with Gasteiger partial charge in [-0.1, -0.05) is 23.4 Å². The molecule has 1 N–H and O–H groups in total. The third-order valence-corrected chi connectivity index (χ3v) is 2.57. The van der Waals surface area contributed by atoms with Gasteiger partial charge in [0.1, 0.15) is 11.4 Å².